The highest BCUT2D eigenvalue weighted by atomic mass is 79.9. The van der Waals surface area contributed by atoms with Crippen molar-refractivity contribution in [3.63, 3.8) is 0 Å². The van der Waals surface area contributed by atoms with Crippen molar-refractivity contribution in [3.8, 4) is 11.4 Å². The molecule has 0 aliphatic carbocycles. The number of rotatable bonds is 1. The molecule has 19 heavy (non-hydrogen) atoms. The van der Waals surface area contributed by atoms with Crippen LogP contribution in [0.1, 0.15) is 5.69 Å². The summed E-state index contributed by atoms with van der Waals surface area (Å²) in [6.45, 7) is 1.97. The van der Waals surface area contributed by atoms with E-state index < -0.39 is 0 Å². The third-order valence-corrected chi connectivity index (χ3v) is 4.01. The molecule has 0 radical (unpaired) electrons. The van der Waals surface area contributed by atoms with Crippen LogP contribution in [0.15, 0.2) is 34.8 Å². The predicted octanol–water partition coefficient (Wildman–Crippen LogP) is 4.36. The van der Waals surface area contributed by atoms with Crippen LogP contribution in [0, 0.1) is 6.92 Å². The van der Waals surface area contributed by atoms with Crippen LogP contribution < -0.4 is 0 Å². The first-order valence-corrected chi connectivity index (χ1v) is 6.99. The van der Waals surface area contributed by atoms with Crippen LogP contribution in [0.5, 0.6) is 0 Å². The highest BCUT2D eigenvalue weighted by Gasteiger charge is 2.11. The van der Waals surface area contributed by atoms with Crippen molar-refractivity contribution in [2.45, 2.75) is 6.92 Å². The number of hydrogen-bond acceptors (Lipinski definition) is 2. The van der Waals surface area contributed by atoms with Gasteiger partial charge in [-0.3, -0.25) is 0 Å². The van der Waals surface area contributed by atoms with Crippen molar-refractivity contribution < 1.29 is 0 Å². The van der Waals surface area contributed by atoms with Crippen molar-refractivity contribution in [3.05, 3.63) is 45.7 Å². The summed E-state index contributed by atoms with van der Waals surface area (Å²) < 4.78 is 2.91. The summed E-state index contributed by atoms with van der Waals surface area (Å²) in [5, 5.41) is 1.66. The predicted molar refractivity (Wildman–Crippen MR) is 81.4 cm³/mol. The number of aryl methyl sites for hydroxylation is 2. The normalized spacial score (nSPS) is 11.2. The molecule has 0 fully saturated rings. The van der Waals surface area contributed by atoms with Gasteiger partial charge in [-0.25, -0.2) is 9.97 Å². The van der Waals surface area contributed by atoms with E-state index in [1.807, 2.05) is 48.9 Å². The molecule has 0 unspecified atom stereocenters. The zero-order valence-corrected chi connectivity index (χ0v) is 12.8. The van der Waals surface area contributed by atoms with E-state index in [2.05, 4.69) is 25.9 Å². The van der Waals surface area contributed by atoms with Gasteiger partial charge in [-0.05, 0) is 25.1 Å². The van der Waals surface area contributed by atoms with Crippen LogP contribution >= 0.6 is 27.5 Å². The molecule has 0 N–H and O–H groups in total. The van der Waals surface area contributed by atoms with Crippen LogP contribution in [0.3, 0.4) is 0 Å². The lowest BCUT2D eigenvalue weighted by Crippen LogP contribution is -1.96. The highest BCUT2D eigenvalue weighted by molar-refractivity contribution is 9.10. The van der Waals surface area contributed by atoms with E-state index in [0.717, 1.165) is 32.6 Å². The van der Waals surface area contributed by atoms with Gasteiger partial charge in [0.2, 0.25) is 0 Å². The molecule has 1 aromatic carbocycles. The minimum absolute atomic E-state index is 0.667. The first-order chi connectivity index (χ1) is 9.06. The monoisotopic (exact) mass is 335 g/mol. The molecule has 96 valence electrons. The summed E-state index contributed by atoms with van der Waals surface area (Å²) in [5.74, 6) is 0.718. The van der Waals surface area contributed by atoms with E-state index in [0.29, 0.717) is 5.15 Å². The third kappa shape index (κ3) is 2.15. The molecule has 3 nitrogen and oxygen atoms in total. The SMILES string of the molecule is Cc1nc(-c2ccc(Br)cc2)nc2c1cc(Cl)n2C. The fraction of sp³-hybridized carbons (Fsp3) is 0.143. The standard InChI is InChI=1S/C14H11BrClN3/c1-8-11-7-12(16)19(2)14(11)18-13(17-8)9-3-5-10(15)6-4-9/h3-7H,1-2H3. The third-order valence-electron chi connectivity index (χ3n) is 3.12. The smallest absolute Gasteiger partial charge is 0.161 e. The minimum Gasteiger partial charge on any atom is -0.319 e. The van der Waals surface area contributed by atoms with E-state index in [-0.39, 0.29) is 0 Å². The van der Waals surface area contributed by atoms with Crippen molar-refractivity contribution >= 4 is 38.6 Å². The second kappa shape index (κ2) is 4.62. The average Bonchev–Trinajstić information content (AvgIpc) is 2.68. The van der Waals surface area contributed by atoms with Crippen molar-refractivity contribution in [1.29, 1.82) is 0 Å². The fourth-order valence-electron chi connectivity index (χ4n) is 2.04. The van der Waals surface area contributed by atoms with Gasteiger partial charge in [0, 0.05) is 22.5 Å². The minimum atomic E-state index is 0.667. The molecule has 0 amide bonds. The molecule has 3 aromatic rings. The Morgan fingerprint density at radius 3 is 2.53 bits per heavy atom. The number of benzene rings is 1. The quantitative estimate of drug-likeness (QED) is 0.661. The van der Waals surface area contributed by atoms with Gasteiger partial charge in [0.15, 0.2) is 5.82 Å². The van der Waals surface area contributed by atoms with Crippen LogP contribution in [0.2, 0.25) is 5.15 Å². The van der Waals surface area contributed by atoms with Gasteiger partial charge in [0.1, 0.15) is 10.8 Å². The van der Waals surface area contributed by atoms with Crippen molar-refractivity contribution in [1.82, 2.24) is 14.5 Å². The molecule has 0 saturated carbocycles. The van der Waals surface area contributed by atoms with Gasteiger partial charge in [-0.15, -0.1) is 0 Å². The zero-order valence-electron chi connectivity index (χ0n) is 10.5. The fourth-order valence-corrected chi connectivity index (χ4v) is 2.49. The maximum Gasteiger partial charge on any atom is 0.161 e. The van der Waals surface area contributed by atoms with Crippen LogP contribution in [0.25, 0.3) is 22.4 Å². The van der Waals surface area contributed by atoms with Gasteiger partial charge in [-0.1, -0.05) is 39.7 Å². The van der Waals surface area contributed by atoms with Gasteiger partial charge >= 0.3 is 0 Å². The van der Waals surface area contributed by atoms with E-state index in [1.54, 1.807) is 0 Å². The van der Waals surface area contributed by atoms with Crippen LogP contribution in [0.4, 0.5) is 0 Å². The Labute approximate surface area is 124 Å². The topological polar surface area (TPSA) is 30.7 Å². The summed E-state index contributed by atoms with van der Waals surface area (Å²) >= 11 is 9.56. The lowest BCUT2D eigenvalue weighted by molar-refractivity contribution is 0.944. The molecule has 0 bridgehead atoms. The van der Waals surface area contributed by atoms with E-state index in [4.69, 9.17) is 11.6 Å². The number of hydrogen-bond donors (Lipinski definition) is 0. The number of nitrogens with zero attached hydrogens (tertiary/aromatic N) is 3. The molecule has 0 aliphatic heterocycles. The van der Waals surface area contributed by atoms with Gasteiger partial charge in [0.25, 0.3) is 0 Å². The summed E-state index contributed by atoms with van der Waals surface area (Å²) in [7, 11) is 1.91. The second-order valence-electron chi connectivity index (χ2n) is 4.40. The Morgan fingerprint density at radius 1 is 1.16 bits per heavy atom. The summed E-state index contributed by atoms with van der Waals surface area (Å²) in [6, 6.07) is 9.86. The van der Waals surface area contributed by atoms with Gasteiger partial charge in [0.05, 0.1) is 5.69 Å². The molecular weight excluding hydrogens is 326 g/mol. The van der Waals surface area contributed by atoms with Crippen molar-refractivity contribution in [2.24, 2.45) is 7.05 Å². The molecule has 0 saturated heterocycles. The molecule has 0 atom stereocenters. The molecule has 0 aliphatic rings. The van der Waals surface area contributed by atoms with E-state index >= 15 is 0 Å². The van der Waals surface area contributed by atoms with Crippen molar-refractivity contribution in [2.75, 3.05) is 0 Å². The Morgan fingerprint density at radius 2 is 1.84 bits per heavy atom. The maximum absolute atomic E-state index is 6.13. The number of fused-ring (bicyclic) bond motifs is 1. The van der Waals surface area contributed by atoms with Crippen LogP contribution in [-0.2, 0) is 7.05 Å². The molecule has 2 heterocycles. The molecular formula is C14H11BrClN3. The summed E-state index contributed by atoms with van der Waals surface area (Å²) in [6.07, 6.45) is 0. The van der Waals surface area contributed by atoms with Gasteiger partial charge in [-0.2, -0.15) is 0 Å². The number of halogens is 2. The first kappa shape index (κ1) is 12.6. The Bertz CT molecular complexity index is 762. The average molecular weight is 337 g/mol. The summed E-state index contributed by atoms with van der Waals surface area (Å²) in [4.78, 5) is 9.17. The van der Waals surface area contributed by atoms with Gasteiger partial charge < -0.3 is 4.57 Å². The highest BCUT2D eigenvalue weighted by Crippen LogP contribution is 2.26. The lowest BCUT2D eigenvalue weighted by Gasteiger charge is -2.04. The molecule has 3 rings (SSSR count). The Kier molecular flexibility index (Phi) is 3.07. The summed E-state index contributed by atoms with van der Waals surface area (Å²) in [5.41, 5.74) is 2.78. The Hall–Kier alpha value is -1.39. The maximum atomic E-state index is 6.13. The van der Waals surface area contributed by atoms with E-state index in [9.17, 15) is 0 Å². The largest absolute Gasteiger partial charge is 0.319 e. The zero-order chi connectivity index (χ0) is 13.6. The first-order valence-electron chi connectivity index (χ1n) is 5.82. The van der Waals surface area contributed by atoms with Crippen LogP contribution in [-0.4, -0.2) is 14.5 Å². The second-order valence-corrected chi connectivity index (χ2v) is 5.71. The molecule has 2 aromatic heterocycles. The molecule has 0 spiro atoms. The Balaban J connectivity index is 2.25. The lowest BCUT2D eigenvalue weighted by atomic mass is 10.2. The van der Waals surface area contributed by atoms with E-state index in [1.165, 1.54) is 0 Å². The number of aromatic nitrogens is 3. The molecule has 5 heteroatoms.